The van der Waals surface area contributed by atoms with E-state index in [2.05, 4.69) is 24.5 Å². The molecule has 0 bridgehead atoms. The van der Waals surface area contributed by atoms with Gasteiger partial charge < -0.3 is 14.2 Å². The van der Waals surface area contributed by atoms with Crippen LogP contribution < -0.4 is 4.74 Å². The highest BCUT2D eigenvalue weighted by atomic mass is 35.5. The number of unbranched alkanes of at least 4 members (excludes halogenated alkanes) is 3. The molecule has 0 saturated heterocycles. The molecule has 166 valence electrons. The second-order valence-electron chi connectivity index (χ2n) is 7.80. The Balaban J connectivity index is 1.96. The number of fused-ring (bicyclic) bond motifs is 1. The minimum atomic E-state index is -0.0791. The van der Waals surface area contributed by atoms with Crippen LogP contribution >= 0.6 is 11.6 Å². The van der Waals surface area contributed by atoms with Gasteiger partial charge in [-0.25, -0.2) is 4.98 Å². The molecule has 0 spiro atoms. The van der Waals surface area contributed by atoms with Crippen LogP contribution in [0.4, 0.5) is 0 Å². The Bertz CT molecular complexity index is 1020. The summed E-state index contributed by atoms with van der Waals surface area (Å²) in [5.74, 6) is 1.37. The van der Waals surface area contributed by atoms with Gasteiger partial charge in [-0.1, -0.05) is 56.8 Å². The third kappa shape index (κ3) is 5.59. The molecule has 0 radical (unpaired) electrons. The number of carbonyl (C=O) groups excluding carboxylic acids is 1. The van der Waals surface area contributed by atoms with Crippen molar-refractivity contribution in [2.45, 2.75) is 59.0 Å². The molecule has 1 aromatic heterocycles. The number of aromatic nitrogens is 2. The van der Waals surface area contributed by atoms with Gasteiger partial charge in [0.1, 0.15) is 11.6 Å². The van der Waals surface area contributed by atoms with Gasteiger partial charge >= 0.3 is 0 Å². The first-order chi connectivity index (χ1) is 15.1. The Morgan fingerprint density at radius 1 is 1.10 bits per heavy atom. The van der Waals surface area contributed by atoms with E-state index >= 15 is 0 Å². The second-order valence-corrected chi connectivity index (χ2v) is 8.24. The van der Waals surface area contributed by atoms with Gasteiger partial charge in [0.25, 0.3) is 5.91 Å². The van der Waals surface area contributed by atoms with E-state index in [1.807, 2.05) is 23.1 Å². The van der Waals surface area contributed by atoms with Crippen LogP contribution in [0.1, 0.15) is 62.1 Å². The molecular formula is C25H32ClN3O2. The van der Waals surface area contributed by atoms with Gasteiger partial charge in [-0.3, -0.25) is 4.79 Å². The van der Waals surface area contributed by atoms with Gasteiger partial charge in [0.05, 0.1) is 30.3 Å². The van der Waals surface area contributed by atoms with Crippen LogP contribution in [0.15, 0.2) is 42.5 Å². The van der Waals surface area contributed by atoms with Crippen LogP contribution in [-0.2, 0) is 13.1 Å². The van der Waals surface area contributed by atoms with Crippen LogP contribution in [0, 0.1) is 0 Å². The van der Waals surface area contributed by atoms with Gasteiger partial charge in [0.15, 0.2) is 0 Å². The number of imidazole rings is 1. The number of hydrogen-bond donors (Lipinski definition) is 0. The summed E-state index contributed by atoms with van der Waals surface area (Å²) < 4.78 is 7.70. The summed E-state index contributed by atoms with van der Waals surface area (Å²) in [7, 11) is 1.58. The molecule has 5 nitrogen and oxygen atoms in total. The third-order valence-electron chi connectivity index (χ3n) is 5.51. The fraction of sp³-hybridized carbons (Fsp3) is 0.440. The topological polar surface area (TPSA) is 47.4 Å². The molecule has 1 heterocycles. The summed E-state index contributed by atoms with van der Waals surface area (Å²) in [4.78, 5) is 20.3. The van der Waals surface area contributed by atoms with Gasteiger partial charge in [-0.05, 0) is 43.2 Å². The molecule has 0 saturated carbocycles. The number of hydrogen-bond acceptors (Lipinski definition) is 3. The molecule has 0 N–H and O–H groups in total. The fourth-order valence-electron chi connectivity index (χ4n) is 3.81. The zero-order chi connectivity index (χ0) is 22.2. The first kappa shape index (κ1) is 23.1. The van der Waals surface area contributed by atoms with Gasteiger partial charge in [0.2, 0.25) is 0 Å². The minimum Gasteiger partial charge on any atom is -0.496 e. The number of para-hydroxylation sites is 2. The van der Waals surface area contributed by atoms with E-state index in [0.717, 1.165) is 55.5 Å². The number of methoxy groups -OCH3 is 1. The molecule has 0 aliphatic carbocycles. The maximum atomic E-state index is 13.6. The second kappa shape index (κ2) is 11.2. The summed E-state index contributed by atoms with van der Waals surface area (Å²) in [6.07, 6.45) is 5.28. The average molecular weight is 442 g/mol. The number of ether oxygens (including phenoxy) is 1. The van der Waals surface area contributed by atoms with E-state index in [1.165, 1.54) is 0 Å². The van der Waals surface area contributed by atoms with Crippen molar-refractivity contribution in [2.24, 2.45) is 0 Å². The maximum absolute atomic E-state index is 13.6. The summed E-state index contributed by atoms with van der Waals surface area (Å²) >= 11 is 6.20. The zero-order valence-corrected chi connectivity index (χ0v) is 19.5. The molecule has 31 heavy (non-hydrogen) atoms. The van der Waals surface area contributed by atoms with Gasteiger partial charge in [-0.15, -0.1) is 0 Å². The van der Waals surface area contributed by atoms with Crippen molar-refractivity contribution >= 4 is 28.5 Å². The molecule has 2 aromatic carbocycles. The Kier molecular flexibility index (Phi) is 8.35. The molecule has 0 unspecified atom stereocenters. The van der Waals surface area contributed by atoms with E-state index in [4.69, 9.17) is 21.3 Å². The Hall–Kier alpha value is -2.53. The molecule has 0 atom stereocenters. The smallest absolute Gasteiger partial charge is 0.258 e. The number of rotatable bonds is 11. The van der Waals surface area contributed by atoms with E-state index in [9.17, 15) is 4.79 Å². The maximum Gasteiger partial charge on any atom is 0.258 e. The first-order valence-corrected chi connectivity index (χ1v) is 11.5. The first-order valence-electron chi connectivity index (χ1n) is 11.2. The normalized spacial score (nSPS) is 11.1. The minimum absolute atomic E-state index is 0.0791. The molecule has 3 aromatic rings. The Morgan fingerprint density at radius 3 is 2.61 bits per heavy atom. The molecule has 0 fully saturated rings. The van der Waals surface area contributed by atoms with Crippen molar-refractivity contribution in [2.75, 3.05) is 13.7 Å². The lowest BCUT2D eigenvalue weighted by Crippen LogP contribution is -2.33. The van der Waals surface area contributed by atoms with Crippen molar-refractivity contribution < 1.29 is 9.53 Å². The standard InChI is InChI=1S/C25H32ClN3O2/c1-4-6-10-15-28(25(30)20-17-19(26)13-14-23(20)31-3)18-24-27-21-11-8-9-12-22(21)29(24)16-7-5-2/h8-9,11-14,17H,4-7,10,15-16,18H2,1-3H3. The third-order valence-corrected chi connectivity index (χ3v) is 5.75. The van der Waals surface area contributed by atoms with Crippen LogP contribution in [0.3, 0.4) is 0 Å². The highest BCUT2D eigenvalue weighted by Gasteiger charge is 2.22. The SMILES string of the molecule is CCCCCN(Cc1nc2ccccc2n1CCCC)C(=O)c1cc(Cl)ccc1OC. The number of carbonyl (C=O) groups is 1. The Morgan fingerprint density at radius 2 is 1.87 bits per heavy atom. The Labute approximate surface area is 190 Å². The van der Waals surface area contributed by atoms with E-state index in [0.29, 0.717) is 29.4 Å². The van der Waals surface area contributed by atoms with Crippen LogP contribution in [0.2, 0.25) is 5.02 Å². The number of benzene rings is 2. The molecule has 3 rings (SSSR count). The van der Waals surface area contributed by atoms with Crippen LogP contribution in [0.25, 0.3) is 11.0 Å². The summed E-state index contributed by atoms with van der Waals surface area (Å²) in [5, 5.41) is 0.521. The number of halogens is 1. The van der Waals surface area contributed by atoms with E-state index in [-0.39, 0.29) is 5.91 Å². The zero-order valence-electron chi connectivity index (χ0n) is 18.7. The summed E-state index contributed by atoms with van der Waals surface area (Å²) in [5.41, 5.74) is 2.57. The van der Waals surface area contributed by atoms with E-state index in [1.54, 1.807) is 25.3 Å². The average Bonchev–Trinajstić information content (AvgIpc) is 3.13. The lowest BCUT2D eigenvalue weighted by Gasteiger charge is -2.24. The predicted molar refractivity (Wildman–Crippen MR) is 127 cm³/mol. The summed E-state index contributed by atoms with van der Waals surface area (Å²) in [6.45, 7) is 6.36. The molecule has 6 heteroatoms. The molecule has 0 aliphatic heterocycles. The fourth-order valence-corrected chi connectivity index (χ4v) is 3.98. The largest absolute Gasteiger partial charge is 0.496 e. The predicted octanol–water partition coefficient (Wildman–Crippen LogP) is 6.33. The van der Waals surface area contributed by atoms with Crippen molar-refractivity contribution in [1.82, 2.24) is 14.5 Å². The summed E-state index contributed by atoms with van der Waals surface area (Å²) in [6, 6.07) is 13.4. The molecule has 0 aliphatic rings. The highest BCUT2D eigenvalue weighted by molar-refractivity contribution is 6.31. The number of nitrogens with zero attached hydrogens (tertiary/aromatic N) is 3. The van der Waals surface area contributed by atoms with Gasteiger partial charge in [0, 0.05) is 18.1 Å². The number of amides is 1. The van der Waals surface area contributed by atoms with Crippen LogP contribution in [0.5, 0.6) is 5.75 Å². The number of aryl methyl sites for hydroxylation is 1. The van der Waals surface area contributed by atoms with E-state index < -0.39 is 0 Å². The monoisotopic (exact) mass is 441 g/mol. The lowest BCUT2D eigenvalue weighted by molar-refractivity contribution is 0.0730. The lowest BCUT2D eigenvalue weighted by atomic mass is 10.1. The molecular weight excluding hydrogens is 410 g/mol. The molecule has 1 amide bonds. The van der Waals surface area contributed by atoms with Crippen molar-refractivity contribution in [1.29, 1.82) is 0 Å². The highest BCUT2D eigenvalue weighted by Crippen LogP contribution is 2.26. The van der Waals surface area contributed by atoms with Crippen LogP contribution in [-0.4, -0.2) is 34.0 Å². The van der Waals surface area contributed by atoms with Crippen molar-refractivity contribution in [3.8, 4) is 5.75 Å². The van der Waals surface area contributed by atoms with Crippen molar-refractivity contribution in [3.63, 3.8) is 0 Å². The van der Waals surface area contributed by atoms with Gasteiger partial charge in [-0.2, -0.15) is 0 Å². The quantitative estimate of drug-likeness (QED) is 0.326. The van der Waals surface area contributed by atoms with Crippen molar-refractivity contribution in [3.05, 3.63) is 58.9 Å².